The smallest absolute Gasteiger partial charge is 0.408 e. The SMILES string of the molecule is CC(C)(C)OC(=O)NC(C(=O)N1C[C@@H]2C[C@@H]2[C@H]1C(=O)O)C(C)(C)C. The van der Waals surface area contributed by atoms with Gasteiger partial charge >= 0.3 is 12.1 Å². The molecule has 1 saturated carbocycles. The van der Waals surface area contributed by atoms with Crippen molar-refractivity contribution in [2.75, 3.05) is 6.54 Å². The summed E-state index contributed by atoms with van der Waals surface area (Å²) in [6.07, 6.45) is 0.187. The minimum atomic E-state index is -0.974. The van der Waals surface area contributed by atoms with Gasteiger partial charge in [-0.2, -0.15) is 0 Å². The summed E-state index contributed by atoms with van der Waals surface area (Å²) in [5.41, 5.74) is -1.24. The van der Waals surface area contributed by atoms with Crippen LogP contribution in [0.25, 0.3) is 0 Å². The van der Waals surface area contributed by atoms with Crippen molar-refractivity contribution in [3.05, 3.63) is 0 Å². The molecule has 2 aliphatic rings. The van der Waals surface area contributed by atoms with Gasteiger partial charge in [0.15, 0.2) is 0 Å². The molecule has 2 amide bonds. The Labute approximate surface area is 142 Å². The van der Waals surface area contributed by atoms with Crippen LogP contribution in [0.15, 0.2) is 0 Å². The Morgan fingerprint density at radius 2 is 1.75 bits per heavy atom. The number of ether oxygens (including phenoxy) is 1. The van der Waals surface area contributed by atoms with Crippen LogP contribution in [0.5, 0.6) is 0 Å². The summed E-state index contributed by atoms with van der Waals surface area (Å²) in [6.45, 7) is 11.2. The van der Waals surface area contributed by atoms with E-state index in [9.17, 15) is 19.5 Å². The minimum absolute atomic E-state index is 0.0496. The lowest BCUT2D eigenvalue weighted by molar-refractivity contribution is -0.151. The number of rotatable bonds is 3. The highest BCUT2D eigenvalue weighted by Crippen LogP contribution is 2.50. The summed E-state index contributed by atoms with van der Waals surface area (Å²) >= 11 is 0. The molecule has 0 bridgehead atoms. The van der Waals surface area contributed by atoms with Crippen LogP contribution < -0.4 is 5.32 Å². The molecule has 2 rings (SSSR count). The van der Waals surface area contributed by atoms with E-state index in [-0.39, 0.29) is 17.7 Å². The molecular formula is C17H28N2O5. The number of carbonyl (C=O) groups is 3. The van der Waals surface area contributed by atoms with Gasteiger partial charge in [-0.3, -0.25) is 4.79 Å². The number of piperidine rings is 1. The van der Waals surface area contributed by atoms with Crippen LogP contribution >= 0.6 is 0 Å². The van der Waals surface area contributed by atoms with Crippen molar-refractivity contribution in [3.63, 3.8) is 0 Å². The monoisotopic (exact) mass is 340 g/mol. The van der Waals surface area contributed by atoms with E-state index in [1.54, 1.807) is 20.8 Å². The molecule has 0 aromatic carbocycles. The number of hydrogen-bond acceptors (Lipinski definition) is 4. The van der Waals surface area contributed by atoms with Crippen LogP contribution in [-0.4, -0.2) is 52.2 Å². The predicted molar refractivity (Wildman–Crippen MR) is 87.3 cm³/mol. The van der Waals surface area contributed by atoms with Gasteiger partial charge in [0.2, 0.25) is 5.91 Å². The van der Waals surface area contributed by atoms with Gasteiger partial charge in [0, 0.05) is 6.54 Å². The maximum Gasteiger partial charge on any atom is 0.408 e. The van der Waals surface area contributed by atoms with Crippen LogP contribution in [0.1, 0.15) is 48.0 Å². The van der Waals surface area contributed by atoms with Gasteiger partial charge in [-0.25, -0.2) is 9.59 Å². The van der Waals surface area contributed by atoms with Crippen molar-refractivity contribution in [3.8, 4) is 0 Å². The predicted octanol–water partition coefficient (Wildman–Crippen LogP) is 1.86. The van der Waals surface area contributed by atoms with Crippen molar-refractivity contribution < 1.29 is 24.2 Å². The third-order valence-electron chi connectivity index (χ3n) is 4.46. The Kier molecular flexibility index (Phi) is 4.59. The number of nitrogens with zero attached hydrogens (tertiary/aromatic N) is 1. The van der Waals surface area contributed by atoms with Crippen molar-refractivity contribution in [2.45, 2.75) is 65.6 Å². The molecule has 1 saturated heterocycles. The zero-order valence-corrected chi connectivity index (χ0v) is 15.3. The maximum absolute atomic E-state index is 13.0. The van der Waals surface area contributed by atoms with Crippen molar-refractivity contribution >= 4 is 18.0 Å². The van der Waals surface area contributed by atoms with E-state index in [4.69, 9.17) is 4.74 Å². The fraction of sp³-hybridized carbons (Fsp3) is 0.824. The number of alkyl carbamates (subject to hydrolysis) is 1. The summed E-state index contributed by atoms with van der Waals surface area (Å²) in [5.74, 6) is -1.00. The second kappa shape index (κ2) is 5.93. The molecule has 4 atom stereocenters. The zero-order valence-electron chi connectivity index (χ0n) is 15.3. The van der Waals surface area contributed by atoms with Gasteiger partial charge in [0.1, 0.15) is 17.7 Å². The van der Waals surface area contributed by atoms with Gasteiger partial charge in [-0.1, -0.05) is 20.8 Å². The third kappa shape index (κ3) is 3.99. The molecule has 1 unspecified atom stereocenters. The number of carbonyl (C=O) groups excluding carboxylic acids is 2. The Balaban J connectivity index is 2.15. The summed E-state index contributed by atoms with van der Waals surface area (Å²) in [7, 11) is 0. The molecule has 2 fully saturated rings. The number of likely N-dealkylation sites (tertiary alicyclic amines) is 1. The highest BCUT2D eigenvalue weighted by atomic mass is 16.6. The fourth-order valence-electron chi connectivity index (χ4n) is 3.25. The van der Waals surface area contributed by atoms with Crippen molar-refractivity contribution in [2.24, 2.45) is 17.3 Å². The first-order valence-electron chi connectivity index (χ1n) is 8.34. The Morgan fingerprint density at radius 1 is 1.17 bits per heavy atom. The second-order valence-corrected chi connectivity index (χ2v) is 8.88. The average molecular weight is 340 g/mol. The lowest BCUT2D eigenvalue weighted by Gasteiger charge is -2.36. The largest absolute Gasteiger partial charge is 0.480 e. The van der Waals surface area contributed by atoms with Crippen LogP contribution in [-0.2, 0) is 14.3 Å². The molecule has 136 valence electrons. The Morgan fingerprint density at radius 3 is 2.21 bits per heavy atom. The van der Waals surface area contributed by atoms with E-state index in [0.717, 1.165) is 6.42 Å². The van der Waals surface area contributed by atoms with E-state index in [1.807, 2.05) is 20.8 Å². The molecule has 24 heavy (non-hydrogen) atoms. The molecule has 1 aliphatic heterocycles. The lowest BCUT2D eigenvalue weighted by atomic mass is 9.85. The molecule has 0 aromatic rings. The van der Waals surface area contributed by atoms with Gasteiger partial charge in [0.25, 0.3) is 0 Å². The zero-order chi connectivity index (χ0) is 18.4. The van der Waals surface area contributed by atoms with Crippen LogP contribution in [0.4, 0.5) is 4.79 Å². The van der Waals surface area contributed by atoms with Crippen LogP contribution in [0.3, 0.4) is 0 Å². The number of hydrogen-bond donors (Lipinski definition) is 2. The molecule has 0 spiro atoms. The Hall–Kier alpha value is -1.79. The number of fused-ring (bicyclic) bond motifs is 1. The van der Waals surface area contributed by atoms with Gasteiger partial charge in [-0.15, -0.1) is 0 Å². The first-order chi connectivity index (χ1) is 10.8. The average Bonchev–Trinajstić information content (AvgIpc) is 3.01. The molecule has 1 heterocycles. The molecule has 7 nitrogen and oxygen atoms in total. The fourth-order valence-corrected chi connectivity index (χ4v) is 3.25. The van der Waals surface area contributed by atoms with Crippen LogP contribution in [0.2, 0.25) is 0 Å². The quantitative estimate of drug-likeness (QED) is 0.817. The van der Waals surface area contributed by atoms with E-state index in [1.165, 1.54) is 4.90 Å². The number of amides is 2. The number of carboxylic acids is 1. The second-order valence-electron chi connectivity index (χ2n) is 8.88. The highest BCUT2D eigenvalue weighted by molar-refractivity contribution is 5.91. The van der Waals surface area contributed by atoms with Crippen LogP contribution in [0, 0.1) is 17.3 Å². The summed E-state index contributed by atoms with van der Waals surface area (Å²) < 4.78 is 5.24. The van der Waals surface area contributed by atoms with E-state index >= 15 is 0 Å². The maximum atomic E-state index is 13.0. The Bertz CT molecular complexity index is 546. The first kappa shape index (κ1) is 18.5. The van der Waals surface area contributed by atoms with E-state index < -0.39 is 35.2 Å². The molecule has 0 aromatic heterocycles. The topological polar surface area (TPSA) is 95.9 Å². The summed E-state index contributed by atoms with van der Waals surface area (Å²) in [6, 6.07) is -1.63. The number of nitrogens with one attached hydrogen (secondary N) is 1. The molecule has 1 aliphatic carbocycles. The highest BCUT2D eigenvalue weighted by Gasteiger charge is 2.58. The van der Waals surface area contributed by atoms with E-state index in [2.05, 4.69) is 5.32 Å². The third-order valence-corrected chi connectivity index (χ3v) is 4.46. The molecular weight excluding hydrogens is 312 g/mol. The lowest BCUT2D eigenvalue weighted by Crippen LogP contribution is -2.58. The molecule has 2 N–H and O–H groups in total. The minimum Gasteiger partial charge on any atom is -0.480 e. The molecule has 0 radical (unpaired) electrons. The van der Waals surface area contributed by atoms with E-state index in [0.29, 0.717) is 6.54 Å². The summed E-state index contributed by atoms with van der Waals surface area (Å²) in [5, 5.41) is 12.1. The van der Waals surface area contributed by atoms with Gasteiger partial charge < -0.3 is 20.1 Å². The number of carboxylic acid groups (broad SMARTS) is 1. The normalized spacial score (nSPS) is 27.2. The number of aliphatic carboxylic acids is 1. The first-order valence-corrected chi connectivity index (χ1v) is 8.34. The molecule has 7 heteroatoms. The summed E-state index contributed by atoms with van der Waals surface area (Å²) in [4.78, 5) is 38.0. The van der Waals surface area contributed by atoms with Crippen molar-refractivity contribution in [1.29, 1.82) is 0 Å². The van der Waals surface area contributed by atoms with Crippen molar-refractivity contribution in [1.82, 2.24) is 10.2 Å². The van der Waals surface area contributed by atoms with Gasteiger partial charge in [-0.05, 0) is 44.4 Å². The van der Waals surface area contributed by atoms with Gasteiger partial charge in [0.05, 0.1) is 0 Å². The standard InChI is InChI=1S/C17H28N2O5/c1-16(2,3)12(18-15(23)24-17(4,5)6)13(20)19-8-9-7-10(9)11(19)14(21)22/h9-12H,7-8H2,1-6H3,(H,18,23)(H,21,22)/t9-,10-,11-,12?/m0/s1.